The quantitative estimate of drug-likeness (QED) is 0.722. The van der Waals surface area contributed by atoms with Crippen LogP contribution in [0.5, 0.6) is 5.75 Å². The highest BCUT2D eigenvalue weighted by atomic mass is 32.2. The number of rotatable bonds is 8. The van der Waals surface area contributed by atoms with Gasteiger partial charge in [-0.25, -0.2) is 0 Å². The predicted octanol–water partition coefficient (Wildman–Crippen LogP) is 5.00. The van der Waals surface area contributed by atoms with E-state index in [1.807, 2.05) is 12.1 Å². The third-order valence-electron chi connectivity index (χ3n) is 4.19. The second kappa shape index (κ2) is 9.52. The summed E-state index contributed by atoms with van der Waals surface area (Å²) < 4.78 is 5.40. The molecule has 2 rings (SSSR count). The Morgan fingerprint density at radius 2 is 1.76 bits per heavy atom. The van der Waals surface area contributed by atoms with E-state index in [9.17, 15) is 4.79 Å². The van der Waals surface area contributed by atoms with E-state index in [-0.39, 0.29) is 5.91 Å². The van der Waals surface area contributed by atoms with E-state index in [0.717, 1.165) is 35.6 Å². The van der Waals surface area contributed by atoms with Gasteiger partial charge >= 0.3 is 0 Å². The topological polar surface area (TPSA) is 38.3 Å². The van der Waals surface area contributed by atoms with Gasteiger partial charge in [-0.2, -0.15) is 0 Å². The molecule has 0 saturated carbocycles. The number of methoxy groups -OCH3 is 1. The van der Waals surface area contributed by atoms with Gasteiger partial charge in [0.05, 0.1) is 12.9 Å². The first kappa shape index (κ1) is 19.4. The Morgan fingerprint density at radius 3 is 2.36 bits per heavy atom. The normalized spacial score (nSPS) is 10.6. The number of carbonyl (C=O) groups is 1. The van der Waals surface area contributed by atoms with Crippen molar-refractivity contribution in [3.8, 4) is 5.75 Å². The zero-order valence-electron chi connectivity index (χ0n) is 15.5. The van der Waals surface area contributed by atoms with Crippen LogP contribution in [0.1, 0.15) is 36.1 Å². The van der Waals surface area contributed by atoms with E-state index in [1.54, 1.807) is 18.9 Å². The lowest BCUT2D eigenvalue weighted by molar-refractivity contribution is -0.113. The van der Waals surface area contributed by atoms with Gasteiger partial charge in [0.1, 0.15) is 5.75 Å². The maximum Gasteiger partial charge on any atom is 0.234 e. The summed E-state index contributed by atoms with van der Waals surface area (Å²) in [5, 5.41) is 3.12. The molecule has 0 bridgehead atoms. The molecule has 0 aliphatic rings. The smallest absolute Gasteiger partial charge is 0.234 e. The molecule has 0 unspecified atom stereocenters. The molecular formula is C21H27NO2S. The van der Waals surface area contributed by atoms with Crippen molar-refractivity contribution in [1.29, 1.82) is 0 Å². The Hall–Kier alpha value is -1.94. The minimum absolute atomic E-state index is 0.0484. The van der Waals surface area contributed by atoms with Crippen LogP contribution in [0.15, 0.2) is 36.4 Å². The molecule has 4 heteroatoms. The second-order valence-corrected chi connectivity index (χ2v) is 7.00. The predicted molar refractivity (Wildman–Crippen MR) is 108 cm³/mol. The third-order valence-corrected chi connectivity index (χ3v) is 5.17. The molecule has 0 saturated heterocycles. The van der Waals surface area contributed by atoms with Gasteiger partial charge < -0.3 is 10.1 Å². The van der Waals surface area contributed by atoms with Crippen molar-refractivity contribution in [2.45, 2.75) is 39.4 Å². The zero-order chi connectivity index (χ0) is 18.2. The van der Waals surface area contributed by atoms with Gasteiger partial charge in [0.2, 0.25) is 5.91 Å². The molecule has 3 nitrogen and oxygen atoms in total. The largest absolute Gasteiger partial charge is 0.496 e. The van der Waals surface area contributed by atoms with Crippen LogP contribution in [0.25, 0.3) is 0 Å². The highest BCUT2D eigenvalue weighted by Gasteiger charge is 2.11. The van der Waals surface area contributed by atoms with E-state index >= 15 is 0 Å². The lowest BCUT2D eigenvalue weighted by Gasteiger charge is -2.14. The number of aryl methyl sites for hydroxylation is 3. The fourth-order valence-corrected chi connectivity index (χ4v) is 3.66. The molecule has 0 radical (unpaired) electrons. The average Bonchev–Trinajstić information content (AvgIpc) is 2.62. The second-order valence-electron chi connectivity index (χ2n) is 6.01. The standard InChI is InChI=1S/C21H27NO2S/c1-5-16-8-7-9-17(6-2)21(16)22-20(23)14-25-13-18-12-15(3)10-11-19(18)24-4/h7-12H,5-6,13-14H2,1-4H3,(H,22,23). The number of hydrogen-bond acceptors (Lipinski definition) is 3. The lowest BCUT2D eigenvalue weighted by Crippen LogP contribution is -2.17. The summed E-state index contributed by atoms with van der Waals surface area (Å²) in [4.78, 5) is 12.4. The molecule has 0 aromatic heterocycles. The number of amides is 1. The molecule has 0 aliphatic heterocycles. The summed E-state index contributed by atoms with van der Waals surface area (Å²) in [5.74, 6) is 2.11. The van der Waals surface area contributed by atoms with Gasteiger partial charge in [-0.15, -0.1) is 11.8 Å². The summed E-state index contributed by atoms with van der Waals surface area (Å²) in [6.07, 6.45) is 1.83. The van der Waals surface area contributed by atoms with Crippen LogP contribution in [-0.2, 0) is 23.4 Å². The van der Waals surface area contributed by atoms with E-state index in [4.69, 9.17) is 4.74 Å². The van der Waals surface area contributed by atoms with Crippen molar-refractivity contribution in [3.63, 3.8) is 0 Å². The van der Waals surface area contributed by atoms with Gasteiger partial charge in [-0.05, 0) is 37.0 Å². The Labute approximate surface area is 155 Å². The van der Waals surface area contributed by atoms with Crippen LogP contribution in [0.4, 0.5) is 5.69 Å². The summed E-state index contributed by atoms with van der Waals surface area (Å²) in [7, 11) is 1.68. The van der Waals surface area contributed by atoms with Crippen molar-refractivity contribution in [3.05, 3.63) is 58.7 Å². The van der Waals surface area contributed by atoms with Crippen LogP contribution in [-0.4, -0.2) is 18.8 Å². The zero-order valence-corrected chi connectivity index (χ0v) is 16.3. The maximum atomic E-state index is 12.4. The summed E-state index contributed by atoms with van der Waals surface area (Å²) in [6, 6.07) is 12.4. The Morgan fingerprint density at radius 1 is 1.08 bits per heavy atom. The molecule has 25 heavy (non-hydrogen) atoms. The lowest BCUT2D eigenvalue weighted by atomic mass is 10.0. The molecule has 0 aliphatic carbocycles. The summed E-state index contributed by atoms with van der Waals surface area (Å²) in [6.45, 7) is 6.29. The number of nitrogens with one attached hydrogen (secondary N) is 1. The SMILES string of the molecule is CCc1cccc(CC)c1NC(=O)CSCc1cc(C)ccc1OC. The first-order chi connectivity index (χ1) is 12.1. The molecule has 0 fully saturated rings. The van der Waals surface area contributed by atoms with E-state index < -0.39 is 0 Å². The van der Waals surface area contributed by atoms with Crippen LogP contribution in [0.2, 0.25) is 0 Å². The monoisotopic (exact) mass is 357 g/mol. The minimum Gasteiger partial charge on any atom is -0.496 e. The van der Waals surface area contributed by atoms with E-state index in [1.165, 1.54) is 16.7 Å². The van der Waals surface area contributed by atoms with Crippen molar-refractivity contribution in [2.24, 2.45) is 0 Å². The van der Waals surface area contributed by atoms with Crippen LogP contribution < -0.4 is 10.1 Å². The first-order valence-corrected chi connectivity index (χ1v) is 9.86. The van der Waals surface area contributed by atoms with E-state index in [2.05, 4.69) is 50.4 Å². The van der Waals surface area contributed by atoms with Gasteiger partial charge in [-0.1, -0.05) is 49.7 Å². The molecular weight excluding hydrogens is 330 g/mol. The Kier molecular flexibility index (Phi) is 7.38. The Balaban J connectivity index is 1.97. The molecule has 1 amide bonds. The van der Waals surface area contributed by atoms with Crippen LogP contribution in [0, 0.1) is 6.92 Å². The van der Waals surface area contributed by atoms with Crippen molar-refractivity contribution >= 4 is 23.4 Å². The number of hydrogen-bond donors (Lipinski definition) is 1. The molecule has 0 spiro atoms. The fraction of sp³-hybridized carbons (Fsp3) is 0.381. The van der Waals surface area contributed by atoms with E-state index in [0.29, 0.717) is 5.75 Å². The number of ether oxygens (including phenoxy) is 1. The summed E-state index contributed by atoms with van der Waals surface area (Å²) in [5.41, 5.74) is 5.70. The average molecular weight is 358 g/mol. The molecule has 0 atom stereocenters. The maximum absolute atomic E-state index is 12.4. The molecule has 0 heterocycles. The van der Waals surface area contributed by atoms with Gasteiger partial charge in [-0.3, -0.25) is 4.79 Å². The molecule has 2 aromatic carbocycles. The van der Waals surface area contributed by atoms with Crippen LogP contribution >= 0.6 is 11.8 Å². The van der Waals surface area contributed by atoms with Crippen molar-refractivity contribution in [2.75, 3.05) is 18.2 Å². The fourth-order valence-electron chi connectivity index (χ4n) is 2.85. The minimum atomic E-state index is 0.0484. The van der Waals surface area contributed by atoms with Gasteiger partial charge in [0, 0.05) is 17.0 Å². The number of thioether (sulfide) groups is 1. The highest BCUT2D eigenvalue weighted by molar-refractivity contribution is 7.99. The summed E-state index contributed by atoms with van der Waals surface area (Å²) >= 11 is 1.61. The molecule has 1 N–H and O–H groups in total. The molecule has 134 valence electrons. The van der Waals surface area contributed by atoms with Crippen molar-refractivity contribution < 1.29 is 9.53 Å². The number of anilines is 1. The van der Waals surface area contributed by atoms with Crippen LogP contribution in [0.3, 0.4) is 0 Å². The number of para-hydroxylation sites is 1. The number of benzene rings is 2. The third kappa shape index (κ3) is 5.27. The Bertz CT molecular complexity index is 706. The molecule has 2 aromatic rings. The highest BCUT2D eigenvalue weighted by Crippen LogP contribution is 2.26. The van der Waals surface area contributed by atoms with Gasteiger partial charge in [0.25, 0.3) is 0 Å². The van der Waals surface area contributed by atoms with Crippen molar-refractivity contribution in [1.82, 2.24) is 0 Å². The number of carbonyl (C=O) groups excluding carboxylic acids is 1. The van der Waals surface area contributed by atoms with Gasteiger partial charge in [0.15, 0.2) is 0 Å². The first-order valence-electron chi connectivity index (χ1n) is 8.70.